The number of para-hydroxylation sites is 1. The summed E-state index contributed by atoms with van der Waals surface area (Å²) in [5.74, 6) is 1.06. The molecule has 0 unspecified atom stereocenters. The molecule has 1 saturated carbocycles. The minimum absolute atomic E-state index is 0.110. The molecule has 1 aliphatic rings. The predicted octanol–water partition coefficient (Wildman–Crippen LogP) is 4.98. The first-order chi connectivity index (χ1) is 12.7. The second-order valence-corrected chi connectivity index (χ2v) is 7.17. The van der Waals surface area contributed by atoms with Crippen molar-refractivity contribution in [2.45, 2.75) is 38.0 Å². The van der Waals surface area contributed by atoms with Crippen LogP contribution >= 0.6 is 11.6 Å². The van der Waals surface area contributed by atoms with E-state index in [4.69, 9.17) is 16.6 Å². The second-order valence-electron chi connectivity index (χ2n) is 6.74. The molecule has 1 aliphatic carbocycles. The fraction of sp³-hybridized carbons (Fsp3) is 0.286. The van der Waals surface area contributed by atoms with Gasteiger partial charge in [0.25, 0.3) is 5.56 Å². The molecule has 2 aromatic carbocycles. The van der Waals surface area contributed by atoms with Gasteiger partial charge in [-0.25, -0.2) is 4.98 Å². The van der Waals surface area contributed by atoms with Crippen LogP contribution in [0.5, 0.6) is 0 Å². The van der Waals surface area contributed by atoms with Gasteiger partial charge in [0.05, 0.1) is 17.1 Å². The molecule has 0 atom stereocenters. The maximum absolute atomic E-state index is 13.1. The Morgan fingerprint density at radius 1 is 1.04 bits per heavy atom. The zero-order chi connectivity index (χ0) is 17.9. The van der Waals surface area contributed by atoms with Crippen LogP contribution in [0, 0.1) is 0 Å². The van der Waals surface area contributed by atoms with Crippen LogP contribution in [0.25, 0.3) is 10.9 Å². The molecule has 0 radical (unpaired) electrons. The number of rotatable bonds is 3. The summed E-state index contributed by atoms with van der Waals surface area (Å²) in [6, 6.07) is 14.9. The number of aromatic nitrogens is 2. The van der Waals surface area contributed by atoms with Crippen LogP contribution in [0.1, 0.15) is 49.4 Å². The van der Waals surface area contributed by atoms with Crippen LogP contribution in [-0.4, -0.2) is 15.9 Å². The van der Waals surface area contributed by atoms with Crippen molar-refractivity contribution >= 4 is 28.7 Å². The number of benzene rings is 2. The molecule has 0 amide bonds. The molecule has 5 heteroatoms. The monoisotopic (exact) mass is 365 g/mol. The highest BCUT2D eigenvalue weighted by molar-refractivity contribution is 6.30. The van der Waals surface area contributed by atoms with Gasteiger partial charge in [0.2, 0.25) is 0 Å². The standard InChI is InChI=1S/C21H20ClN3O/c22-17-12-10-15(11-13-17)14-23-25-20(16-6-2-1-3-7-16)24-19-9-5-4-8-18(19)21(25)26/h4-5,8-14,16H,1-3,6-7H2. The van der Waals surface area contributed by atoms with Crippen LogP contribution in [0.4, 0.5) is 0 Å². The Morgan fingerprint density at radius 2 is 1.77 bits per heavy atom. The van der Waals surface area contributed by atoms with Crippen LogP contribution in [0.15, 0.2) is 58.4 Å². The molecular weight excluding hydrogens is 346 g/mol. The second kappa shape index (κ2) is 7.42. The van der Waals surface area contributed by atoms with Gasteiger partial charge in [-0.05, 0) is 42.7 Å². The maximum Gasteiger partial charge on any atom is 0.282 e. The molecule has 4 nitrogen and oxygen atoms in total. The lowest BCUT2D eigenvalue weighted by Crippen LogP contribution is -2.25. The van der Waals surface area contributed by atoms with Crippen molar-refractivity contribution in [3.63, 3.8) is 0 Å². The Morgan fingerprint density at radius 3 is 2.54 bits per heavy atom. The Balaban J connectivity index is 1.83. The average molecular weight is 366 g/mol. The largest absolute Gasteiger partial charge is 0.282 e. The molecule has 0 spiro atoms. The molecule has 1 heterocycles. The van der Waals surface area contributed by atoms with E-state index in [-0.39, 0.29) is 11.5 Å². The molecule has 1 fully saturated rings. The first kappa shape index (κ1) is 17.0. The quantitative estimate of drug-likeness (QED) is 0.614. The Hall–Kier alpha value is -2.46. The lowest BCUT2D eigenvalue weighted by Gasteiger charge is -2.22. The fourth-order valence-corrected chi connectivity index (χ4v) is 3.68. The zero-order valence-corrected chi connectivity index (χ0v) is 15.2. The molecule has 0 saturated heterocycles. The Kier molecular flexibility index (Phi) is 4.85. The number of hydrogen-bond acceptors (Lipinski definition) is 3. The van der Waals surface area contributed by atoms with E-state index < -0.39 is 0 Å². The summed E-state index contributed by atoms with van der Waals surface area (Å²) in [5, 5.41) is 5.78. The molecule has 0 N–H and O–H groups in total. The van der Waals surface area contributed by atoms with Crippen molar-refractivity contribution in [3.8, 4) is 0 Å². The molecule has 0 bridgehead atoms. The summed E-state index contributed by atoms with van der Waals surface area (Å²) in [4.78, 5) is 17.9. The number of hydrogen-bond donors (Lipinski definition) is 0. The number of halogens is 1. The summed E-state index contributed by atoms with van der Waals surface area (Å²) in [7, 11) is 0. The van der Waals surface area contributed by atoms with E-state index in [1.54, 1.807) is 6.21 Å². The minimum Gasteiger partial charge on any atom is -0.267 e. The van der Waals surface area contributed by atoms with Crippen LogP contribution < -0.4 is 5.56 Å². The third kappa shape index (κ3) is 3.42. The number of fused-ring (bicyclic) bond motifs is 1. The smallest absolute Gasteiger partial charge is 0.267 e. The van der Waals surface area contributed by atoms with Crippen molar-refractivity contribution in [2.24, 2.45) is 5.10 Å². The molecule has 3 aromatic rings. The highest BCUT2D eigenvalue weighted by atomic mass is 35.5. The molecule has 1 aromatic heterocycles. The lowest BCUT2D eigenvalue weighted by atomic mass is 9.88. The van der Waals surface area contributed by atoms with Crippen molar-refractivity contribution < 1.29 is 0 Å². The van der Waals surface area contributed by atoms with Gasteiger partial charge in [-0.15, -0.1) is 0 Å². The zero-order valence-electron chi connectivity index (χ0n) is 14.4. The normalized spacial score (nSPS) is 15.7. The first-order valence-corrected chi connectivity index (χ1v) is 9.42. The number of nitrogens with zero attached hydrogens (tertiary/aromatic N) is 3. The Bertz CT molecular complexity index is 1000. The van der Waals surface area contributed by atoms with E-state index in [9.17, 15) is 4.79 Å². The highest BCUT2D eigenvalue weighted by Gasteiger charge is 2.22. The van der Waals surface area contributed by atoms with Gasteiger partial charge < -0.3 is 0 Å². The molecule has 132 valence electrons. The summed E-state index contributed by atoms with van der Waals surface area (Å²) < 4.78 is 1.49. The topological polar surface area (TPSA) is 47.2 Å². The SMILES string of the molecule is O=c1c2ccccc2nc(C2CCCCC2)n1N=Cc1ccc(Cl)cc1. The summed E-state index contributed by atoms with van der Waals surface area (Å²) >= 11 is 5.94. The van der Waals surface area contributed by atoms with Crippen LogP contribution in [-0.2, 0) is 0 Å². The van der Waals surface area contributed by atoms with Gasteiger partial charge >= 0.3 is 0 Å². The third-order valence-electron chi connectivity index (χ3n) is 4.94. The van der Waals surface area contributed by atoms with Crippen molar-refractivity contribution in [1.82, 2.24) is 9.66 Å². The van der Waals surface area contributed by atoms with Crippen LogP contribution in [0.2, 0.25) is 5.02 Å². The van der Waals surface area contributed by atoms with Gasteiger partial charge in [-0.3, -0.25) is 4.79 Å². The average Bonchev–Trinajstić information content (AvgIpc) is 2.69. The van der Waals surface area contributed by atoms with Crippen molar-refractivity contribution in [2.75, 3.05) is 0 Å². The lowest BCUT2D eigenvalue weighted by molar-refractivity contribution is 0.416. The Labute approximate surface area is 157 Å². The molecule has 0 aliphatic heterocycles. The summed E-state index contributed by atoms with van der Waals surface area (Å²) in [5.41, 5.74) is 1.53. The van der Waals surface area contributed by atoms with Gasteiger partial charge in [-0.2, -0.15) is 9.78 Å². The summed E-state index contributed by atoms with van der Waals surface area (Å²) in [6.07, 6.45) is 7.41. The first-order valence-electron chi connectivity index (χ1n) is 9.04. The molecule has 26 heavy (non-hydrogen) atoms. The highest BCUT2D eigenvalue weighted by Crippen LogP contribution is 2.31. The van der Waals surface area contributed by atoms with Gasteiger partial charge in [0.1, 0.15) is 5.82 Å². The fourth-order valence-electron chi connectivity index (χ4n) is 3.55. The van der Waals surface area contributed by atoms with Crippen molar-refractivity contribution in [1.29, 1.82) is 0 Å². The minimum atomic E-state index is -0.110. The maximum atomic E-state index is 13.1. The van der Waals surface area contributed by atoms with Gasteiger partial charge in [0, 0.05) is 10.9 Å². The van der Waals surface area contributed by atoms with Gasteiger partial charge in [0.15, 0.2) is 0 Å². The van der Waals surface area contributed by atoms with E-state index in [1.807, 2.05) is 48.5 Å². The van der Waals surface area contributed by atoms with E-state index in [2.05, 4.69) is 5.10 Å². The van der Waals surface area contributed by atoms with Crippen LogP contribution in [0.3, 0.4) is 0 Å². The summed E-state index contributed by atoms with van der Waals surface area (Å²) in [6.45, 7) is 0. The predicted molar refractivity (Wildman–Crippen MR) is 106 cm³/mol. The van der Waals surface area contributed by atoms with E-state index in [0.29, 0.717) is 10.4 Å². The molecule has 4 rings (SSSR count). The third-order valence-corrected chi connectivity index (χ3v) is 5.19. The van der Waals surface area contributed by atoms with E-state index >= 15 is 0 Å². The van der Waals surface area contributed by atoms with E-state index in [0.717, 1.165) is 29.7 Å². The molecular formula is C21H20ClN3O. The van der Waals surface area contributed by atoms with Gasteiger partial charge in [-0.1, -0.05) is 55.1 Å². The van der Waals surface area contributed by atoms with Crippen molar-refractivity contribution in [3.05, 3.63) is 75.3 Å². The van der Waals surface area contributed by atoms with E-state index in [1.165, 1.54) is 23.9 Å².